The molecule has 0 amide bonds. The molecule has 0 heterocycles. The SMILES string of the molecule is O=S(CCCC(F)(F)C(F)(F)F)CCCC(F)(F)C(F)(F)F. The number of alkyl halides is 10. The van der Waals surface area contributed by atoms with E-state index in [1.807, 2.05) is 0 Å². The van der Waals surface area contributed by atoms with Gasteiger partial charge in [0.1, 0.15) is 0 Å². The largest absolute Gasteiger partial charge is 0.453 e. The summed E-state index contributed by atoms with van der Waals surface area (Å²) in [6, 6.07) is 0. The highest BCUT2D eigenvalue weighted by Gasteiger charge is 2.57. The van der Waals surface area contributed by atoms with Crippen LogP contribution in [0.25, 0.3) is 0 Å². The third-order valence-corrected chi connectivity index (χ3v) is 4.04. The minimum Gasteiger partial charge on any atom is -0.260 e. The van der Waals surface area contributed by atoms with E-state index >= 15 is 0 Å². The zero-order valence-corrected chi connectivity index (χ0v) is 11.7. The Kier molecular flexibility index (Phi) is 7.16. The first-order valence-corrected chi connectivity index (χ1v) is 7.33. The molecule has 1 nitrogen and oxygen atoms in total. The summed E-state index contributed by atoms with van der Waals surface area (Å²) in [4.78, 5) is 0. The van der Waals surface area contributed by atoms with Gasteiger partial charge in [-0.15, -0.1) is 0 Å². The molecule has 0 radical (unpaired) electrons. The molecule has 0 aromatic heterocycles. The first-order chi connectivity index (χ1) is 9.60. The summed E-state index contributed by atoms with van der Waals surface area (Å²) in [7, 11) is -2.04. The van der Waals surface area contributed by atoms with Crippen LogP contribution in [0, 0.1) is 0 Å². The summed E-state index contributed by atoms with van der Waals surface area (Å²) in [6.07, 6.45) is -16.3. The van der Waals surface area contributed by atoms with Crippen molar-refractivity contribution in [3.8, 4) is 0 Å². The van der Waals surface area contributed by atoms with Gasteiger partial charge in [-0.3, -0.25) is 4.21 Å². The minimum atomic E-state index is -5.75. The first-order valence-electron chi connectivity index (χ1n) is 5.84. The average Bonchev–Trinajstić information content (AvgIpc) is 2.25. The third kappa shape index (κ3) is 6.69. The van der Waals surface area contributed by atoms with Gasteiger partial charge in [-0.05, 0) is 12.8 Å². The van der Waals surface area contributed by atoms with Crippen molar-refractivity contribution in [3.63, 3.8) is 0 Å². The van der Waals surface area contributed by atoms with Crippen molar-refractivity contribution >= 4 is 10.8 Å². The van der Waals surface area contributed by atoms with Crippen LogP contribution >= 0.6 is 0 Å². The Bertz CT molecular complexity index is 339. The van der Waals surface area contributed by atoms with Crippen molar-refractivity contribution in [1.82, 2.24) is 0 Å². The van der Waals surface area contributed by atoms with E-state index in [0.29, 0.717) is 0 Å². The van der Waals surface area contributed by atoms with Crippen molar-refractivity contribution in [2.24, 2.45) is 0 Å². The highest BCUT2D eigenvalue weighted by atomic mass is 32.2. The van der Waals surface area contributed by atoms with E-state index in [0.717, 1.165) is 0 Å². The number of rotatable bonds is 8. The number of hydrogen-bond donors (Lipinski definition) is 0. The summed E-state index contributed by atoms with van der Waals surface area (Å²) in [6.45, 7) is 0. The van der Waals surface area contributed by atoms with E-state index in [2.05, 4.69) is 0 Å². The van der Waals surface area contributed by atoms with Gasteiger partial charge in [-0.1, -0.05) is 0 Å². The molecule has 134 valence electrons. The van der Waals surface area contributed by atoms with Crippen LogP contribution in [0.1, 0.15) is 25.7 Å². The van der Waals surface area contributed by atoms with Crippen LogP contribution in [0.4, 0.5) is 43.9 Å². The molecule has 0 aliphatic heterocycles. The molecule has 0 saturated heterocycles. The molecule has 0 saturated carbocycles. The molecule has 0 atom stereocenters. The lowest BCUT2D eigenvalue weighted by molar-refractivity contribution is -0.284. The van der Waals surface area contributed by atoms with E-state index in [4.69, 9.17) is 0 Å². The fourth-order valence-electron chi connectivity index (χ4n) is 1.30. The summed E-state index contributed by atoms with van der Waals surface area (Å²) < 4.78 is 132. The fraction of sp³-hybridized carbons (Fsp3) is 1.00. The van der Waals surface area contributed by atoms with Gasteiger partial charge in [0.15, 0.2) is 0 Å². The molecule has 0 aromatic carbocycles. The maximum absolute atomic E-state index is 12.5. The Hall–Kier alpha value is -0.550. The summed E-state index contributed by atoms with van der Waals surface area (Å²) in [5, 5.41) is 0. The first kappa shape index (κ1) is 21.4. The summed E-state index contributed by atoms with van der Waals surface area (Å²) in [5.41, 5.74) is 0. The maximum Gasteiger partial charge on any atom is 0.453 e. The van der Waals surface area contributed by atoms with E-state index in [9.17, 15) is 48.1 Å². The van der Waals surface area contributed by atoms with E-state index in [1.165, 1.54) is 0 Å². The smallest absolute Gasteiger partial charge is 0.260 e. The zero-order valence-electron chi connectivity index (χ0n) is 10.8. The molecule has 0 bridgehead atoms. The van der Waals surface area contributed by atoms with Gasteiger partial charge in [0.05, 0.1) is 0 Å². The van der Waals surface area contributed by atoms with E-state index < -0.39 is 72.2 Å². The summed E-state index contributed by atoms with van der Waals surface area (Å²) in [5.74, 6) is -11.2. The molecule has 0 aliphatic rings. The van der Waals surface area contributed by atoms with Gasteiger partial charge >= 0.3 is 24.2 Å². The lowest BCUT2D eigenvalue weighted by atomic mass is 10.2. The molecular weight excluding hydrogens is 358 g/mol. The van der Waals surface area contributed by atoms with Crippen molar-refractivity contribution in [2.45, 2.75) is 49.9 Å². The normalized spacial score (nSPS) is 14.7. The maximum atomic E-state index is 12.5. The standard InChI is InChI=1S/C10H12F10OS/c11-7(12,9(15,16)17)3-1-5-22(21)6-2-4-8(13,14)10(18,19)20/h1-6H2. The van der Waals surface area contributed by atoms with E-state index in [-0.39, 0.29) is 0 Å². The molecular formula is C10H12F10OS. The van der Waals surface area contributed by atoms with E-state index in [1.54, 1.807) is 0 Å². The van der Waals surface area contributed by atoms with Crippen LogP contribution < -0.4 is 0 Å². The minimum absolute atomic E-state index is 0.636. The van der Waals surface area contributed by atoms with Gasteiger partial charge in [0.25, 0.3) is 0 Å². The monoisotopic (exact) mass is 370 g/mol. The second-order valence-corrected chi connectivity index (χ2v) is 6.16. The second kappa shape index (κ2) is 7.35. The van der Waals surface area contributed by atoms with Crippen LogP contribution in [0.2, 0.25) is 0 Å². The highest BCUT2D eigenvalue weighted by Crippen LogP contribution is 2.39. The Labute approximate surface area is 121 Å². The molecule has 0 aliphatic carbocycles. The number of halogens is 10. The molecule has 0 fully saturated rings. The van der Waals surface area contributed by atoms with Gasteiger partial charge in [-0.25, -0.2) is 0 Å². The molecule has 0 aromatic rings. The van der Waals surface area contributed by atoms with Gasteiger partial charge in [0.2, 0.25) is 0 Å². The molecule has 22 heavy (non-hydrogen) atoms. The van der Waals surface area contributed by atoms with Crippen LogP contribution in [0.15, 0.2) is 0 Å². The summed E-state index contributed by atoms with van der Waals surface area (Å²) >= 11 is 0. The van der Waals surface area contributed by atoms with Gasteiger partial charge in [-0.2, -0.15) is 43.9 Å². The van der Waals surface area contributed by atoms with Crippen molar-refractivity contribution < 1.29 is 48.1 Å². The Balaban J connectivity index is 4.09. The lowest BCUT2D eigenvalue weighted by Crippen LogP contribution is -2.36. The van der Waals surface area contributed by atoms with Crippen LogP contribution in [0.5, 0.6) is 0 Å². The van der Waals surface area contributed by atoms with Gasteiger partial charge < -0.3 is 0 Å². The van der Waals surface area contributed by atoms with Crippen molar-refractivity contribution in [2.75, 3.05) is 11.5 Å². The van der Waals surface area contributed by atoms with Crippen LogP contribution in [-0.4, -0.2) is 39.9 Å². The second-order valence-electron chi connectivity index (χ2n) is 4.46. The zero-order chi connectivity index (χ0) is 17.8. The fourth-order valence-corrected chi connectivity index (χ4v) is 2.43. The average molecular weight is 370 g/mol. The topological polar surface area (TPSA) is 17.1 Å². The lowest BCUT2D eigenvalue weighted by Gasteiger charge is -2.19. The predicted octanol–water partition coefficient (Wildman–Crippen LogP) is 4.69. The molecule has 0 spiro atoms. The van der Waals surface area contributed by atoms with Crippen molar-refractivity contribution in [1.29, 1.82) is 0 Å². The molecule has 0 N–H and O–H groups in total. The van der Waals surface area contributed by atoms with Crippen LogP contribution in [-0.2, 0) is 10.8 Å². The number of hydrogen-bond acceptors (Lipinski definition) is 1. The molecule has 12 heteroatoms. The molecule has 0 unspecified atom stereocenters. The molecule has 0 rings (SSSR count). The van der Waals surface area contributed by atoms with Crippen molar-refractivity contribution in [3.05, 3.63) is 0 Å². The Morgan fingerprint density at radius 3 is 1.09 bits per heavy atom. The Morgan fingerprint density at radius 1 is 0.591 bits per heavy atom. The van der Waals surface area contributed by atoms with Crippen LogP contribution in [0.3, 0.4) is 0 Å². The highest BCUT2D eigenvalue weighted by molar-refractivity contribution is 7.84. The van der Waals surface area contributed by atoms with Gasteiger partial charge in [0, 0.05) is 35.1 Å². The Morgan fingerprint density at radius 2 is 0.864 bits per heavy atom. The quantitative estimate of drug-likeness (QED) is 0.567. The predicted molar refractivity (Wildman–Crippen MR) is 58.3 cm³/mol. The third-order valence-electron chi connectivity index (χ3n) is 2.55.